The lowest BCUT2D eigenvalue weighted by Gasteiger charge is -2.44. The predicted molar refractivity (Wildman–Crippen MR) is 96.9 cm³/mol. The van der Waals surface area contributed by atoms with E-state index in [9.17, 15) is 33.8 Å². The quantitative estimate of drug-likeness (QED) is 0.310. The summed E-state index contributed by atoms with van der Waals surface area (Å²) in [6, 6.07) is 6.88. The lowest BCUT2D eigenvalue weighted by Crippen LogP contribution is -2.69. The van der Waals surface area contributed by atoms with E-state index in [0.29, 0.717) is 0 Å². The van der Waals surface area contributed by atoms with Crippen LogP contribution >= 0.6 is 19.4 Å². The Morgan fingerprint density at radius 3 is 2.37 bits per heavy atom. The van der Waals surface area contributed by atoms with Crippen LogP contribution in [0.25, 0.3) is 0 Å². The Labute approximate surface area is 159 Å². The molecule has 1 aromatic carbocycles. The smallest absolute Gasteiger partial charge is 0.349 e. The van der Waals surface area contributed by atoms with Crippen LogP contribution in [0.3, 0.4) is 0 Å². The number of carboxylic acid groups (broad SMARTS) is 1. The largest absolute Gasteiger partial charge is 0.480 e. The van der Waals surface area contributed by atoms with Gasteiger partial charge in [0.2, 0.25) is 11.8 Å². The van der Waals surface area contributed by atoms with Crippen molar-refractivity contribution in [3.05, 3.63) is 35.9 Å². The minimum atomic E-state index is -4.58. The van der Waals surface area contributed by atoms with Crippen LogP contribution in [0.2, 0.25) is 0 Å². The van der Waals surface area contributed by atoms with Crippen molar-refractivity contribution in [3.63, 3.8) is 0 Å². The minimum absolute atomic E-state index is 0.277. The first-order valence-corrected chi connectivity index (χ1v) is 10.6. The van der Waals surface area contributed by atoms with Crippen molar-refractivity contribution in [2.24, 2.45) is 0 Å². The number of carbonyl (C=O) groups is 3. The second kappa shape index (κ2) is 6.63. The molecule has 1 aromatic rings. The number of rotatable bonds is 5. The molecule has 3 unspecified atom stereocenters. The SMILES string of the molecule is CC1(C)S[C@H]2C(NC(=O)C(C(=O)O)c3ccccc3)C(=O)N2C1P(=O)(O)O. The van der Waals surface area contributed by atoms with Crippen LogP contribution in [0.4, 0.5) is 0 Å². The van der Waals surface area contributed by atoms with Gasteiger partial charge in [0.15, 0.2) is 5.92 Å². The van der Waals surface area contributed by atoms with Crippen molar-refractivity contribution in [3.8, 4) is 0 Å². The average Bonchev–Trinajstić information content (AvgIpc) is 2.81. The summed E-state index contributed by atoms with van der Waals surface area (Å²) in [6.07, 6.45) is 0. The number of nitrogens with zero attached hydrogens (tertiary/aromatic N) is 1. The number of carbonyl (C=O) groups excluding carboxylic acids is 2. The molecule has 0 spiro atoms. The summed E-state index contributed by atoms with van der Waals surface area (Å²) in [5.41, 5.74) is 0.277. The summed E-state index contributed by atoms with van der Waals surface area (Å²) >= 11 is 1.17. The van der Waals surface area contributed by atoms with Gasteiger partial charge in [-0.3, -0.25) is 18.9 Å². The Bertz CT molecular complexity index is 840. The second-order valence-electron chi connectivity index (χ2n) is 6.99. The van der Waals surface area contributed by atoms with Crippen molar-refractivity contribution in [2.75, 3.05) is 0 Å². The molecule has 4 N–H and O–H groups in total. The molecule has 0 bridgehead atoms. The summed E-state index contributed by atoms with van der Waals surface area (Å²) in [4.78, 5) is 56.9. The molecule has 2 heterocycles. The molecule has 2 aliphatic heterocycles. The number of hydrogen-bond donors (Lipinski definition) is 4. The molecular formula is C16H19N2O7PS. The monoisotopic (exact) mass is 414 g/mol. The number of fused-ring (bicyclic) bond motifs is 1. The number of nitrogens with one attached hydrogen (secondary N) is 1. The first-order valence-electron chi connectivity index (χ1n) is 8.08. The predicted octanol–water partition coefficient (Wildman–Crippen LogP) is 0.537. The Kier molecular flexibility index (Phi) is 4.88. The van der Waals surface area contributed by atoms with Crippen LogP contribution in [0, 0.1) is 0 Å². The Morgan fingerprint density at radius 2 is 1.85 bits per heavy atom. The summed E-state index contributed by atoms with van der Waals surface area (Å²) in [5.74, 6) is -5.59. The van der Waals surface area contributed by atoms with E-state index in [4.69, 9.17) is 0 Å². The van der Waals surface area contributed by atoms with Gasteiger partial charge >= 0.3 is 13.6 Å². The van der Waals surface area contributed by atoms with E-state index in [2.05, 4.69) is 5.32 Å². The lowest BCUT2D eigenvalue weighted by molar-refractivity contribution is -0.152. The second-order valence-corrected chi connectivity index (χ2v) is 10.4. The average molecular weight is 414 g/mol. The van der Waals surface area contributed by atoms with E-state index in [-0.39, 0.29) is 5.56 Å². The van der Waals surface area contributed by atoms with Gasteiger partial charge in [-0.2, -0.15) is 0 Å². The standard InChI is InChI=1S/C16H19N2O7PS/c1-16(2)15(26(23,24)25)18-12(20)10(13(18)27-16)17-11(19)9(14(21)22)8-6-4-3-5-7-8/h3-7,9-10,13,15H,1-2H3,(H,17,19)(H,21,22)(H2,23,24,25)/t9?,10?,13-,15?/m0/s1. The minimum Gasteiger partial charge on any atom is -0.480 e. The fourth-order valence-corrected chi connectivity index (χ4v) is 7.16. The van der Waals surface area contributed by atoms with E-state index in [0.717, 1.165) is 4.90 Å². The zero-order chi connectivity index (χ0) is 20.1. The third kappa shape index (κ3) is 3.38. The fraction of sp³-hybridized carbons (Fsp3) is 0.438. The number of β-lactam (4-membered cyclic amide) rings is 1. The van der Waals surface area contributed by atoms with Gasteiger partial charge in [-0.05, 0) is 19.4 Å². The highest BCUT2D eigenvalue weighted by molar-refractivity contribution is 8.02. The molecule has 2 aliphatic rings. The summed E-state index contributed by atoms with van der Waals surface area (Å²) in [7, 11) is -4.58. The molecule has 27 heavy (non-hydrogen) atoms. The highest BCUT2D eigenvalue weighted by Crippen LogP contribution is 2.62. The van der Waals surface area contributed by atoms with Crippen molar-refractivity contribution in [1.82, 2.24) is 10.2 Å². The highest BCUT2D eigenvalue weighted by atomic mass is 32.2. The van der Waals surface area contributed by atoms with Gasteiger partial charge in [-0.1, -0.05) is 30.3 Å². The van der Waals surface area contributed by atoms with Gasteiger partial charge < -0.3 is 25.1 Å². The maximum atomic E-state index is 12.5. The van der Waals surface area contributed by atoms with E-state index < -0.39 is 53.2 Å². The fourth-order valence-electron chi connectivity index (χ4n) is 3.57. The molecule has 9 nitrogen and oxygen atoms in total. The van der Waals surface area contributed by atoms with Gasteiger partial charge in [0.05, 0.1) is 0 Å². The van der Waals surface area contributed by atoms with Crippen molar-refractivity contribution >= 4 is 37.1 Å². The molecule has 146 valence electrons. The van der Waals surface area contributed by atoms with Gasteiger partial charge in [0.1, 0.15) is 17.2 Å². The number of carboxylic acids is 1. The lowest BCUT2D eigenvalue weighted by atomic mass is 9.97. The van der Waals surface area contributed by atoms with Gasteiger partial charge in [0, 0.05) is 4.75 Å². The third-order valence-corrected chi connectivity index (χ3v) is 7.93. The molecular weight excluding hydrogens is 395 g/mol. The van der Waals surface area contributed by atoms with Gasteiger partial charge in [0.25, 0.3) is 0 Å². The molecule has 2 fully saturated rings. The normalized spacial score (nSPS) is 27.5. The van der Waals surface area contributed by atoms with Crippen LogP contribution in [-0.4, -0.2) is 59.5 Å². The zero-order valence-electron chi connectivity index (χ0n) is 14.5. The highest BCUT2D eigenvalue weighted by Gasteiger charge is 2.66. The van der Waals surface area contributed by atoms with Crippen molar-refractivity contribution < 1.29 is 33.8 Å². The maximum Gasteiger partial charge on any atom is 0.349 e. The number of thioether (sulfide) groups is 1. The van der Waals surface area contributed by atoms with E-state index in [1.807, 2.05) is 0 Å². The summed E-state index contributed by atoms with van der Waals surface area (Å²) in [6.45, 7) is 3.24. The molecule has 3 rings (SSSR count). The molecule has 2 amide bonds. The molecule has 11 heteroatoms. The van der Waals surface area contributed by atoms with E-state index in [1.165, 1.54) is 23.9 Å². The van der Waals surface area contributed by atoms with Crippen LogP contribution in [0.15, 0.2) is 30.3 Å². The van der Waals surface area contributed by atoms with Crippen LogP contribution in [0.1, 0.15) is 25.3 Å². The Hall–Kier alpha value is -1.87. The van der Waals surface area contributed by atoms with Crippen LogP contribution < -0.4 is 5.32 Å². The Balaban J connectivity index is 1.80. The zero-order valence-corrected chi connectivity index (χ0v) is 16.2. The maximum absolute atomic E-state index is 12.5. The first kappa shape index (κ1) is 19.9. The van der Waals surface area contributed by atoms with Crippen molar-refractivity contribution in [2.45, 2.75) is 41.7 Å². The number of hydrogen-bond acceptors (Lipinski definition) is 5. The molecule has 0 radical (unpaired) electrons. The van der Waals surface area contributed by atoms with Gasteiger partial charge in [-0.25, -0.2) is 0 Å². The molecule has 0 aromatic heterocycles. The van der Waals surface area contributed by atoms with E-state index >= 15 is 0 Å². The van der Waals surface area contributed by atoms with Crippen LogP contribution in [-0.2, 0) is 18.9 Å². The molecule has 4 atom stereocenters. The van der Waals surface area contributed by atoms with E-state index in [1.54, 1.807) is 32.0 Å². The molecule has 0 saturated carbocycles. The number of benzene rings is 1. The topological polar surface area (TPSA) is 144 Å². The number of amides is 2. The first-order chi connectivity index (χ1) is 12.4. The van der Waals surface area contributed by atoms with Gasteiger partial charge in [-0.15, -0.1) is 11.8 Å². The Morgan fingerprint density at radius 1 is 1.26 bits per heavy atom. The summed E-state index contributed by atoms with van der Waals surface area (Å²) < 4.78 is 10.9. The summed E-state index contributed by atoms with van der Waals surface area (Å²) in [5, 5.41) is 11.2. The molecule has 0 aliphatic carbocycles. The molecule has 2 saturated heterocycles. The van der Waals surface area contributed by atoms with Crippen LogP contribution in [0.5, 0.6) is 0 Å². The van der Waals surface area contributed by atoms with Crippen molar-refractivity contribution in [1.29, 1.82) is 0 Å². The number of aliphatic carboxylic acids is 1. The third-order valence-electron chi connectivity index (χ3n) is 4.65.